The second-order valence-electron chi connectivity index (χ2n) is 3.86. The van der Waals surface area contributed by atoms with Gasteiger partial charge in [0.25, 0.3) is 0 Å². The molecule has 0 aromatic heterocycles. The molecule has 0 aliphatic heterocycles. The Labute approximate surface area is 170 Å². The molecule has 2 aromatic carbocycles. The molecule has 8 nitrogen and oxygen atoms in total. The van der Waals surface area contributed by atoms with E-state index in [1.165, 1.54) is 0 Å². The monoisotopic (exact) mass is 364 g/mol. The van der Waals surface area contributed by atoms with Gasteiger partial charge in [-0.25, -0.2) is 16.8 Å². The summed E-state index contributed by atoms with van der Waals surface area (Å²) in [6, 6.07) is 3.60. The molecule has 0 saturated heterocycles. The summed E-state index contributed by atoms with van der Waals surface area (Å²) in [5.74, 6) is -2.08. The third-order valence-corrected chi connectivity index (χ3v) is 4.29. The Kier molecular flexibility index (Phi) is 7.38. The summed E-state index contributed by atoms with van der Waals surface area (Å²) in [7, 11) is -10.0. The van der Waals surface area contributed by atoms with Crippen molar-refractivity contribution in [1.29, 1.82) is 0 Å². The van der Waals surface area contributed by atoms with Crippen LogP contribution in [0.2, 0.25) is 0 Å². The van der Waals surface area contributed by atoms with Gasteiger partial charge in [0, 0.05) is 5.39 Å². The number of benzene rings is 2. The zero-order valence-corrected chi connectivity index (χ0v) is 17.1. The number of aromatic hydroxyl groups is 2. The Morgan fingerprint density at radius 2 is 1.41 bits per heavy atom. The van der Waals surface area contributed by atoms with Crippen LogP contribution in [-0.2, 0) is 20.2 Å². The quantitative estimate of drug-likeness (QED) is 0.394. The van der Waals surface area contributed by atoms with Crippen LogP contribution in [0.3, 0.4) is 0 Å². The Hall–Kier alpha value is 0.120. The first-order chi connectivity index (χ1) is 9.01. The summed E-state index contributed by atoms with van der Waals surface area (Å²) in [5, 5.41) is 18.9. The molecule has 0 aliphatic rings. The zero-order valence-electron chi connectivity index (χ0n) is 11.5. The van der Waals surface area contributed by atoms with Crippen molar-refractivity contribution in [1.82, 2.24) is 0 Å². The van der Waals surface area contributed by atoms with Crippen molar-refractivity contribution in [3.63, 3.8) is 0 Å². The third-order valence-electron chi connectivity index (χ3n) is 2.56. The molecule has 12 heteroatoms. The predicted octanol–water partition coefficient (Wildman–Crippen LogP) is -5.93. The molecule has 0 saturated carbocycles. The van der Waals surface area contributed by atoms with E-state index >= 15 is 0 Å². The van der Waals surface area contributed by atoms with E-state index in [1.54, 1.807) is 0 Å². The minimum atomic E-state index is -5.18. The maximum atomic E-state index is 10.9. The van der Waals surface area contributed by atoms with E-state index in [0.29, 0.717) is 0 Å². The average molecular weight is 364 g/mol. The minimum absolute atomic E-state index is 0. The minimum Gasteiger partial charge on any atom is -0.744 e. The molecule has 0 heterocycles. The molecule has 0 fully saturated rings. The number of phenolic OH excluding ortho intramolecular Hbond substituents is 2. The first-order valence-electron chi connectivity index (χ1n) is 4.92. The van der Waals surface area contributed by atoms with E-state index in [9.17, 15) is 36.2 Å². The van der Waals surface area contributed by atoms with E-state index in [4.69, 9.17) is 0 Å². The van der Waals surface area contributed by atoms with Gasteiger partial charge >= 0.3 is 59.1 Å². The Morgan fingerprint density at radius 1 is 0.864 bits per heavy atom. The van der Waals surface area contributed by atoms with Gasteiger partial charge in [0.15, 0.2) is 0 Å². The van der Waals surface area contributed by atoms with Crippen LogP contribution in [0.25, 0.3) is 10.8 Å². The van der Waals surface area contributed by atoms with E-state index in [-0.39, 0.29) is 69.9 Å². The second kappa shape index (κ2) is 7.34. The SMILES string of the molecule is O=S(=O)([O-])c1ccc2cc(O)c(S(=O)(=O)[O-])c(O)c2c1.[Na+].[Na+]. The zero-order chi connectivity index (χ0) is 15.3. The smallest absolute Gasteiger partial charge is 0.744 e. The number of hydrogen-bond acceptors (Lipinski definition) is 8. The Morgan fingerprint density at radius 3 is 1.86 bits per heavy atom. The van der Waals surface area contributed by atoms with Gasteiger partial charge in [-0.2, -0.15) is 0 Å². The number of hydrogen-bond donors (Lipinski definition) is 2. The Bertz CT molecular complexity index is 922. The van der Waals surface area contributed by atoms with Crippen LogP contribution < -0.4 is 59.1 Å². The van der Waals surface area contributed by atoms with Gasteiger partial charge in [-0.15, -0.1) is 0 Å². The largest absolute Gasteiger partial charge is 1.00 e. The topological polar surface area (TPSA) is 155 Å². The van der Waals surface area contributed by atoms with Crippen molar-refractivity contribution in [2.45, 2.75) is 9.79 Å². The van der Waals surface area contributed by atoms with Crippen molar-refractivity contribution >= 4 is 31.0 Å². The van der Waals surface area contributed by atoms with E-state index in [1.807, 2.05) is 0 Å². The molecule has 0 spiro atoms. The number of fused-ring (bicyclic) bond motifs is 1. The van der Waals surface area contributed by atoms with Crippen LogP contribution in [0.5, 0.6) is 11.5 Å². The van der Waals surface area contributed by atoms with Gasteiger partial charge in [-0.3, -0.25) is 0 Å². The molecule has 22 heavy (non-hydrogen) atoms. The molecule has 2 aromatic rings. The van der Waals surface area contributed by atoms with Crippen molar-refractivity contribution in [3.8, 4) is 11.5 Å². The van der Waals surface area contributed by atoms with Crippen molar-refractivity contribution in [2.75, 3.05) is 0 Å². The van der Waals surface area contributed by atoms with Gasteiger partial charge in [0.05, 0.1) is 4.90 Å². The fourth-order valence-corrected chi connectivity index (χ4v) is 2.88. The second-order valence-corrected chi connectivity index (χ2v) is 6.56. The molecule has 0 bridgehead atoms. The van der Waals surface area contributed by atoms with Gasteiger partial charge in [-0.05, 0) is 23.6 Å². The molecule has 108 valence electrons. The fourth-order valence-electron chi connectivity index (χ4n) is 1.72. The van der Waals surface area contributed by atoms with Crippen molar-refractivity contribution in [3.05, 3.63) is 24.3 Å². The summed E-state index contributed by atoms with van der Waals surface area (Å²) >= 11 is 0. The normalized spacial score (nSPS) is 11.5. The van der Waals surface area contributed by atoms with Crippen LogP contribution >= 0.6 is 0 Å². The molecular weight excluding hydrogens is 358 g/mol. The molecule has 2 rings (SSSR count). The van der Waals surface area contributed by atoms with Gasteiger partial charge in [-0.1, -0.05) is 6.07 Å². The van der Waals surface area contributed by atoms with Crippen LogP contribution in [0.1, 0.15) is 0 Å². The van der Waals surface area contributed by atoms with Gasteiger partial charge in [0.1, 0.15) is 36.6 Å². The van der Waals surface area contributed by atoms with Gasteiger partial charge < -0.3 is 19.3 Å². The molecule has 0 aliphatic carbocycles. The standard InChI is InChI=1S/C10H8O8S2.2Na/c11-8-3-5-1-2-6(19(13,14)15)4-7(5)9(12)10(8)20(16,17)18;;/h1-4,11-12H,(H,13,14,15)(H,16,17,18);;/q;2*+1/p-2. The van der Waals surface area contributed by atoms with E-state index in [2.05, 4.69) is 0 Å². The molecule has 0 radical (unpaired) electrons. The maximum absolute atomic E-state index is 10.9. The van der Waals surface area contributed by atoms with Crippen LogP contribution in [0, 0.1) is 0 Å². The van der Waals surface area contributed by atoms with Crippen LogP contribution in [-0.4, -0.2) is 36.2 Å². The summed E-state index contributed by atoms with van der Waals surface area (Å²) in [5.41, 5.74) is 0. The molecule has 0 unspecified atom stereocenters. The number of rotatable bonds is 2. The summed E-state index contributed by atoms with van der Waals surface area (Å²) in [6.07, 6.45) is 0. The van der Waals surface area contributed by atoms with E-state index in [0.717, 1.165) is 24.3 Å². The van der Waals surface area contributed by atoms with Crippen molar-refractivity contribution in [2.24, 2.45) is 0 Å². The first kappa shape index (κ1) is 22.1. The number of phenols is 2. The Balaban J connectivity index is 0.00000220. The molecule has 0 amide bonds. The molecule has 2 N–H and O–H groups in total. The van der Waals surface area contributed by atoms with Crippen molar-refractivity contribution < 1.29 is 95.3 Å². The van der Waals surface area contributed by atoms with Crippen LogP contribution in [0.4, 0.5) is 0 Å². The third kappa shape index (κ3) is 4.35. The van der Waals surface area contributed by atoms with Gasteiger partial charge in [0.2, 0.25) is 0 Å². The predicted molar refractivity (Wildman–Crippen MR) is 63.2 cm³/mol. The molecular formula is C10H6Na2O8S2. The summed E-state index contributed by atoms with van der Waals surface area (Å²) < 4.78 is 65.4. The van der Waals surface area contributed by atoms with E-state index < -0.39 is 41.5 Å². The first-order valence-corrected chi connectivity index (χ1v) is 7.74. The summed E-state index contributed by atoms with van der Waals surface area (Å²) in [4.78, 5) is -1.98. The average Bonchev–Trinajstić information content (AvgIpc) is 2.25. The van der Waals surface area contributed by atoms with Crippen LogP contribution in [0.15, 0.2) is 34.1 Å². The molecule has 0 atom stereocenters. The maximum Gasteiger partial charge on any atom is 1.00 e. The fraction of sp³-hybridized carbons (Fsp3) is 0. The summed E-state index contributed by atoms with van der Waals surface area (Å²) in [6.45, 7) is 0.